The zero-order valence-corrected chi connectivity index (χ0v) is 16.3. The molecule has 0 aliphatic carbocycles. The van der Waals surface area contributed by atoms with Gasteiger partial charge in [0.05, 0.1) is 6.42 Å². The van der Waals surface area contributed by atoms with Crippen molar-refractivity contribution in [1.82, 2.24) is 20.7 Å². The van der Waals surface area contributed by atoms with E-state index < -0.39 is 30.1 Å². The van der Waals surface area contributed by atoms with Gasteiger partial charge in [-0.15, -0.1) is 0 Å². The number of hydrazine groups is 1. The van der Waals surface area contributed by atoms with Crippen molar-refractivity contribution < 1.29 is 24.3 Å². The first-order valence-electron chi connectivity index (χ1n) is 9.28. The molecule has 0 saturated carbocycles. The number of hydrogen-bond acceptors (Lipinski definition) is 6. The summed E-state index contributed by atoms with van der Waals surface area (Å²) in [6.07, 6.45) is -0.594. The maximum absolute atomic E-state index is 12.1. The molecule has 1 aromatic rings. The van der Waals surface area contributed by atoms with Gasteiger partial charge in [-0.25, -0.2) is 5.01 Å². The minimum atomic E-state index is -1.02. The van der Waals surface area contributed by atoms with Gasteiger partial charge in [0.15, 0.2) is 5.96 Å². The molecule has 1 aliphatic heterocycles. The van der Waals surface area contributed by atoms with Crippen LogP contribution >= 0.6 is 0 Å². The molecule has 1 saturated heterocycles. The van der Waals surface area contributed by atoms with E-state index in [1.165, 1.54) is 12.1 Å². The summed E-state index contributed by atoms with van der Waals surface area (Å²) in [6, 6.07) is 6.10. The van der Waals surface area contributed by atoms with Crippen molar-refractivity contribution in [3.63, 3.8) is 0 Å². The Kier molecular flexibility index (Phi) is 8.11. The number of aliphatic carboxylic acids is 1. The number of carbonyl (C=O) groups excluding carboxylic acids is 3. The third kappa shape index (κ3) is 7.39. The monoisotopic (exact) mass is 419 g/mol. The Hall–Kier alpha value is -3.67. The average molecular weight is 419 g/mol. The van der Waals surface area contributed by atoms with Gasteiger partial charge in [0, 0.05) is 44.0 Å². The quantitative estimate of drug-likeness (QED) is 0.172. The van der Waals surface area contributed by atoms with Crippen LogP contribution in [0.4, 0.5) is 5.69 Å². The number of amides is 3. The molecule has 0 radical (unpaired) electrons. The summed E-state index contributed by atoms with van der Waals surface area (Å²) in [4.78, 5) is 48.4. The number of anilines is 1. The Balaban J connectivity index is 1.79. The summed E-state index contributed by atoms with van der Waals surface area (Å²) in [5.74, 6) is -2.52. The fourth-order valence-corrected chi connectivity index (χ4v) is 2.75. The van der Waals surface area contributed by atoms with Gasteiger partial charge in [0.25, 0.3) is 5.91 Å². The molecule has 0 bridgehead atoms. The van der Waals surface area contributed by atoms with Crippen LogP contribution in [0.15, 0.2) is 24.3 Å². The minimum absolute atomic E-state index is 0.00833. The molecule has 7 N–H and O–H groups in total. The predicted molar refractivity (Wildman–Crippen MR) is 107 cm³/mol. The number of carboxylic acids is 1. The van der Waals surface area contributed by atoms with Crippen LogP contribution in [0.5, 0.6) is 0 Å². The number of carboxylic acid groups (broad SMARTS) is 1. The highest BCUT2D eigenvalue weighted by atomic mass is 16.4. The molecule has 0 unspecified atom stereocenters. The van der Waals surface area contributed by atoms with E-state index >= 15 is 0 Å². The number of benzene rings is 1. The molecule has 1 aliphatic rings. The standard InChI is InChI=1S/C18H25N7O5/c19-18(20)24-6-8-25(9-7-24)23-15(27)11-14(26)22-13-3-1-2-12(10-13)17(30)21-5-4-16(28)29/h1-3,10H,4-9,11H2,(H3,19,20)(H,21,30)(H,22,26)(H,23,27)(H,28,29). The minimum Gasteiger partial charge on any atom is -0.481 e. The molecule has 1 fully saturated rings. The second kappa shape index (κ2) is 10.8. The number of rotatable bonds is 8. The van der Waals surface area contributed by atoms with E-state index in [9.17, 15) is 19.2 Å². The van der Waals surface area contributed by atoms with Crippen LogP contribution in [-0.4, -0.2) is 77.4 Å². The molecule has 12 heteroatoms. The predicted octanol–water partition coefficient (Wildman–Crippen LogP) is -1.24. The van der Waals surface area contributed by atoms with Crippen LogP contribution in [0, 0.1) is 5.41 Å². The van der Waals surface area contributed by atoms with E-state index in [0.717, 1.165) is 0 Å². The molecule has 1 aromatic carbocycles. The highest BCUT2D eigenvalue weighted by Crippen LogP contribution is 2.11. The van der Waals surface area contributed by atoms with Gasteiger partial charge < -0.3 is 26.4 Å². The Morgan fingerprint density at radius 2 is 1.80 bits per heavy atom. The van der Waals surface area contributed by atoms with Gasteiger partial charge in [-0.3, -0.25) is 30.0 Å². The van der Waals surface area contributed by atoms with Crippen LogP contribution in [0.1, 0.15) is 23.2 Å². The first-order chi connectivity index (χ1) is 14.2. The van der Waals surface area contributed by atoms with E-state index in [2.05, 4.69) is 16.1 Å². The summed E-state index contributed by atoms with van der Waals surface area (Å²) in [7, 11) is 0. The molecule has 30 heavy (non-hydrogen) atoms. The molecule has 0 aromatic heterocycles. The number of piperazine rings is 1. The van der Waals surface area contributed by atoms with Gasteiger partial charge >= 0.3 is 5.97 Å². The second-order valence-electron chi connectivity index (χ2n) is 6.60. The second-order valence-corrected chi connectivity index (χ2v) is 6.60. The molecule has 2 rings (SSSR count). The summed E-state index contributed by atoms with van der Waals surface area (Å²) < 4.78 is 0. The maximum atomic E-state index is 12.1. The topological polar surface area (TPSA) is 181 Å². The smallest absolute Gasteiger partial charge is 0.305 e. The van der Waals surface area contributed by atoms with Gasteiger partial charge in [0.1, 0.15) is 6.42 Å². The number of hydrogen-bond donors (Lipinski definition) is 6. The zero-order chi connectivity index (χ0) is 22.1. The number of nitrogens with two attached hydrogens (primary N) is 1. The van der Waals surface area contributed by atoms with Crippen molar-refractivity contribution in [3.05, 3.63) is 29.8 Å². The Labute approximate surface area is 172 Å². The molecule has 0 atom stereocenters. The van der Waals surface area contributed by atoms with Crippen molar-refractivity contribution in [3.8, 4) is 0 Å². The van der Waals surface area contributed by atoms with Crippen LogP contribution in [0.2, 0.25) is 0 Å². The summed E-state index contributed by atoms with van der Waals surface area (Å²) >= 11 is 0. The van der Waals surface area contributed by atoms with Crippen molar-refractivity contribution in [1.29, 1.82) is 5.41 Å². The van der Waals surface area contributed by atoms with E-state index in [-0.39, 0.29) is 24.5 Å². The van der Waals surface area contributed by atoms with Gasteiger partial charge in [-0.1, -0.05) is 6.07 Å². The molecule has 162 valence electrons. The normalized spacial score (nSPS) is 13.9. The van der Waals surface area contributed by atoms with Crippen LogP contribution in [0.25, 0.3) is 0 Å². The molecular weight excluding hydrogens is 394 g/mol. The Morgan fingerprint density at radius 3 is 2.43 bits per heavy atom. The van der Waals surface area contributed by atoms with Crippen LogP contribution in [0.3, 0.4) is 0 Å². The molecule has 12 nitrogen and oxygen atoms in total. The van der Waals surface area contributed by atoms with Crippen molar-refractivity contribution in [2.24, 2.45) is 5.73 Å². The first-order valence-corrected chi connectivity index (χ1v) is 9.28. The number of carbonyl (C=O) groups is 4. The molecular formula is C18H25N7O5. The largest absolute Gasteiger partial charge is 0.481 e. The first kappa shape index (κ1) is 22.6. The molecule has 3 amide bonds. The Morgan fingerprint density at radius 1 is 1.10 bits per heavy atom. The average Bonchev–Trinajstić information content (AvgIpc) is 2.68. The fourth-order valence-electron chi connectivity index (χ4n) is 2.75. The maximum Gasteiger partial charge on any atom is 0.305 e. The fraction of sp³-hybridized carbons (Fsp3) is 0.389. The molecule has 1 heterocycles. The Bertz CT molecular complexity index is 821. The molecule has 0 spiro atoms. The number of nitrogens with one attached hydrogen (secondary N) is 4. The van der Waals surface area contributed by atoms with Crippen molar-refractivity contribution in [2.75, 3.05) is 38.0 Å². The summed E-state index contributed by atoms with van der Waals surface area (Å²) in [6.45, 7) is 1.95. The van der Waals surface area contributed by atoms with Crippen LogP contribution in [-0.2, 0) is 14.4 Å². The third-order valence-electron chi connectivity index (χ3n) is 4.26. The number of nitrogens with zero attached hydrogens (tertiary/aromatic N) is 2. The lowest BCUT2D eigenvalue weighted by Crippen LogP contribution is -2.56. The van der Waals surface area contributed by atoms with E-state index in [1.807, 2.05) is 0 Å². The highest BCUT2D eigenvalue weighted by molar-refractivity contribution is 6.04. The lowest BCUT2D eigenvalue weighted by atomic mass is 10.2. The van der Waals surface area contributed by atoms with Crippen LogP contribution < -0.4 is 21.8 Å². The van der Waals surface area contributed by atoms with Gasteiger partial charge in [0.2, 0.25) is 11.8 Å². The van der Waals surface area contributed by atoms with E-state index in [0.29, 0.717) is 31.9 Å². The van der Waals surface area contributed by atoms with Gasteiger partial charge in [-0.05, 0) is 18.2 Å². The lowest BCUT2D eigenvalue weighted by Gasteiger charge is -2.34. The summed E-state index contributed by atoms with van der Waals surface area (Å²) in [5, 5.41) is 22.7. The number of guanidine groups is 1. The zero-order valence-electron chi connectivity index (χ0n) is 16.3. The van der Waals surface area contributed by atoms with E-state index in [1.54, 1.807) is 22.0 Å². The third-order valence-corrected chi connectivity index (χ3v) is 4.26. The van der Waals surface area contributed by atoms with Crippen molar-refractivity contribution in [2.45, 2.75) is 12.8 Å². The lowest BCUT2D eigenvalue weighted by molar-refractivity contribution is -0.137. The van der Waals surface area contributed by atoms with E-state index in [4.69, 9.17) is 16.2 Å². The van der Waals surface area contributed by atoms with Gasteiger partial charge in [-0.2, -0.15) is 0 Å². The highest BCUT2D eigenvalue weighted by Gasteiger charge is 2.20. The summed E-state index contributed by atoms with van der Waals surface area (Å²) in [5.41, 5.74) is 8.66. The van der Waals surface area contributed by atoms with Crippen molar-refractivity contribution >= 4 is 35.3 Å². The SMILES string of the molecule is N=C(N)N1CCN(NC(=O)CC(=O)Nc2cccc(C(=O)NCCC(=O)O)c2)CC1.